The van der Waals surface area contributed by atoms with E-state index in [2.05, 4.69) is 5.32 Å². The predicted molar refractivity (Wildman–Crippen MR) is 75.3 cm³/mol. The van der Waals surface area contributed by atoms with Crippen molar-refractivity contribution in [1.29, 1.82) is 0 Å². The van der Waals surface area contributed by atoms with Gasteiger partial charge >= 0.3 is 6.09 Å². The molecule has 6 nitrogen and oxygen atoms in total. The first-order valence-electron chi connectivity index (χ1n) is 7.23. The summed E-state index contributed by atoms with van der Waals surface area (Å²) in [7, 11) is 0. The number of aliphatic hydroxyl groups is 1. The molecule has 2 N–H and O–H groups in total. The third kappa shape index (κ3) is 5.36. The zero-order chi connectivity index (χ0) is 15.2. The lowest BCUT2D eigenvalue weighted by atomic mass is 10.0. The summed E-state index contributed by atoms with van der Waals surface area (Å²) < 4.78 is 5.35. The van der Waals surface area contributed by atoms with Gasteiger partial charge in [0, 0.05) is 19.7 Å². The van der Waals surface area contributed by atoms with Gasteiger partial charge in [0.2, 0.25) is 5.91 Å². The van der Waals surface area contributed by atoms with Crippen LogP contribution in [0, 0.1) is 0 Å². The second-order valence-corrected chi connectivity index (χ2v) is 6.05. The fourth-order valence-corrected chi connectivity index (χ4v) is 2.15. The molecule has 1 aliphatic rings. The number of amides is 2. The Morgan fingerprint density at radius 1 is 1.35 bits per heavy atom. The number of hydrogen-bond donors (Lipinski definition) is 2. The number of ether oxygens (including phenoxy) is 1. The molecule has 2 amide bonds. The van der Waals surface area contributed by atoms with Crippen LogP contribution >= 0.6 is 0 Å². The Bertz CT molecular complexity index is 339. The van der Waals surface area contributed by atoms with Crippen LogP contribution in [0.2, 0.25) is 0 Å². The first kappa shape index (κ1) is 16.8. The summed E-state index contributed by atoms with van der Waals surface area (Å²) in [4.78, 5) is 25.8. The predicted octanol–water partition coefficient (Wildman–Crippen LogP) is 1.27. The molecule has 1 atom stereocenters. The number of carbonyl (C=O) groups is 2. The highest BCUT2D eigenvalue weighted by Gasteiger charge is 2.34. The molecule has 1 saturated heterocycles. The third-order valence-electron chi connectivity index (χ3n) is 3.07. The number of likely N-dealkylation sites (tertiary alicyclic amines) is 1. The molecule has 0 bridgehead atoms. The standard InChI is InChI=1S/C14H26N2O4/c1-14(2,3)20-13(19)16-9-5-4-7-11(16)12(18)15-8-6-10-17/h11,17H,4-10H2,1-3H3,(H,15,18). The van der Waals surface area contributed by atoms with E-state index in [-0.39, 0.29) is 12.5 Å². The molecule has 0 saturated carbocycles. The number of hydrogen-bond acceptors (Lipinski definition) is 4. The Morgan fingerprint density at radius 3 is 2.65 bits per heavy atom. The average molecular weight is 286 g/mol. The monoisotopic (exact) mass is 286 g/mol. The Morgan fingerprint density at radius 2 is 2.05 bits per heavy atom. The van der Waals surface area contributed by atoms with Crippen molar-refractivity contribution in [3.05, 3.63) is 0 Å². The molecule has 20 heavy (non-hydrogen) atoms. The van der Waals surface area contributed by atoms with E-state index in [1.165, 1.54) is 4.90 Å². The molecule has 1 aliphatic heterocycles. The van der Waals surface area contributed by atoms with E-state index in [4.69, 9.17) is 9.84 Å². The van der Waals surface area contributed by atoms with Gasteiger partial charge in [-0.15, -0.1) is 0 Å². The van der Waals surface area contributed by atoms with Crippen LogP contribution in [-0.2, 0) is 9.53 Å². The zero-order valence-electron chi connectivity index (χ0n) is 12.6. The molecule has 1 fully saturated rings. The summed E-state index contributed by atoms with van der Waals surface area (Å²) in [5.41, 5.74) is -0.563. The molecule has 0 aromatic rings. The van der Waals surface area contributed by atoms with Crippen molar-refractivity contribution in [1.82, 2.24) is 10.2 Å². The largest absolute Gasteiger partial charge is 0.444 e. The Hall–Kier alpha value is -1.30. The van der Waals surface area contributed by atoms with Crippen molar-refractivity contribution >= 4 is 12.0 Å². The van der Waals surface area contributed by atoms with Crippen molar-refractivity contribution in [3.63, 3.8) is 0 Å². The minimum atomic E-state index is -0.563. The van der Waals surface area contributed by atoms with E-state index in [1.54, 1.807) is 0 Å². The molecule has 0 aromatic carbocycles. The van der Waals surface area contributed by atoms with Crippen molar-refractivity contribution < 1.29 is 19.4 Å². The Labute approximate surface area is 120 Å². The summed E-state index contributed by atoms with van der Waals surface area (Å²) in [5.74, 6) is -0.163. The number of piperidine rings is 1. The van der Waals surface area contributed by atoms with E-state index in [0.29, 0.717) is 25.9 Å². The first-order chi connectivity index (χ1) is 9.35. The molecule has 0 aromatic heterocycles. The number of aliphatic hydroxyl groups excluding tert-OH is 1. The van der Waals surface area contributed by atoms with Crippen molar-refractivity contribution in [3.8, 4) is 0 Å². The van der Waals surface area contributed by atoms with Gasteiger partial charge in [-0.05, 0) is 46.5 Å². The summed E-state index contributed by atoms with van der Waals surface area (Å²) in [6, 6.07) is -0.461. The van der Waals surface area contributed by atoms with Crippen LogP contribution in [0.4, 0.5) is 4.79 Å². The van der Waals surface area contributed by atoms with Crippen molar-refractivity contribution in [2.75, 3.05) is 19.7 Å². The van der Waals surface area contributed by atoms with Gasteiger partial charge in [0.15, 0.2) is 0 Å². The fraction of sp³-hybridized carbons (Fsp3) is 0.857. The maximum absolute atomic E-state index is 12.1. The minimum absolute atomic E-state index is 0.0424. The second kappa shape index (κ2) is 7.47. The fourth-order valence-electron chi connectivity index (χ4n) is 2.15. The highest BCUT2D eigenvalue weighted by atomic mass is 16.6. The van der Waals surface area contributed by atoms with Crippen LogP contribution in [0.1, 0.15) is 46.5 Å². The normalized spacial score (nSPS) is 19.6. The summed E-state index contributed by atoms with van der Waals surface area (Å²) >= 11 is 0. The number of rotatable bonds is 4. The minimum Gasteiger partial charge on any atom is -0.444 e. The van der Waals surface area contributed by atoms with Gasteiger partial charge in [-0.3, -0.25) is 9.69 Å². The third-order valence-corrected chi connectivity index (χ3v) is 3.07. The van der Waals surface area contributed by atoms with Crippen LogP contribution in [0.3, 0.4) is 0 Å². The topological polar surface area (TPSA) is 78.9 Å². The Balaban J connectivity index is 2.61. The number of carbonyl (C=O) groups excluding carboxylic acids is 2. The van der Waals surface area contributed by atoms with Gasteiger partial charge in [0.1, 0.15) is 11.6 Å². The van der Waals surface area contributed by atoms with Crippen LogP contribution in [0.15, 0.2) is 0 Å². The molecular formula is C14H26N2O4. The van der Waals surface area contributed by atoms with Crippen LogP contribution in [0.5, 0.6) is 0 Å². The molecule has 0 radical (unpaired) electrons. The molecule has 1 unspecified atom stereocenters. The van der Waals surface area contributed by atoms with E-state index >= 15 is 0 Å². The van der Waals surface area contributed by atoms with Crippen LogP contribution < -0.4 is 5.32 Å². The molecule has 6 heteroatoms. The smallest absolute Gasteiger partial charge is 0.410 e. The van der Waals surface area contributed by atoms with Crippen LogP contribution in [-0.4, -0.2) is 53.3 Å². The van der Waals surface area contributed by atoms with Crippen LogP contribution in [0.25, 0.3) is 0 Å². The molecule has 116 valence electrons. The lowest BCUT2D eigenvalue weighted by molar-refractivity contribution is -0.127. The maximum atomic E-state index is 12.1. The van der Waals surface area contributed by atoms with Gasteiger partial charge in [-0.2, -0.15) is 0 Å². The summed E-state index contributed by atoms with van der Waals surface area (Å²) in [6.45, 7) is 6.45. The lowest BCUT2D eigenvalue weighted by Gasteiger charge is -2.35. The molecule has 1 heterocycles. The summed E-state index contributed by atoms with van der Waals surface area (Å²) in [6.07, 6.45) is 2.56. The van der Waals surface area contributed by atoms with Gasteiger partial charge in [-0.1, -0.05) is 0 Å². The van der Waals surface area contributed by atoms with Gasteiger partial charge in [0.25, 0.3) is 0 Å². The maximum Gasteiger partial charge on any atom is 0.410 e. The first-order valence-corrected chi connectivity index (χ1v) is 7.23. The number of nitrogens with zero attached hydrogens (tertiary/aromatic N) is 1. The van der Waals surface area contributed by atoms with Gasteiger partial charge < -0.3 is 15.2 Å². The van der Waals surface area contributed by atoms with E-state index in [9.17, 15) is 9.59 Å². The van der Waals surface area contributed by atoms with E-state index in [1.807, 2.05) is 20.8 Å². The zero-order valence-corrected chi connectivity index (χ0v) is 12.6. The molecule has 1 rings (SSSR count). The van der Waals surface area contributed by atoms with Crippen molar-refractivity contribution in [2.45, 2.75) is 58.1 Å². The van der Waals surface area contributed by atoms with Gasteiger partial charge in [-0.25, -0.2) is 4.79 Å². The molecular weight excluding hydrogens is 260 g/mol. The quantitative estimate of drug-likeness (QED) is 0.763. The van der Waals surface area contributed by atoms with E-state index < -0.39 is 17.7 Å². The highest BCUT2D eigenvalue weighted by Crippen LogP contribution is 2.20. The van der Waals surface area contributed by atoms with Crippen molar-refractivity contribution in [2.24, 2.45) is 0 Å². The molecule has 0 spiro atoms. The molecule has 0 aliphatic carbocycles. The summed E-state index contributed by atoms with van der Waals surface area (Å²) in [5, 5.41) is 11.5. The SMILES string of the molecule is CC(C)(C)OC(=O)N1CCCCC1C(=O)NCCCO. The average Bonchev–Trinajstić information content (AvgIpc) is 2.37. The number of nitrogens with one attached hydrogen (secondary N) is 1. The Kier molecular flexibility index (Phi) is 6.26. The second-order valence-electron chi connectivity index (χ2n) is 6.05. The van der Waals surface area contributed by atoms with Gasteiger partial charge in [0.05, 0.1) is 0 Å². The highest BCUT2D eigenvalue weighted by molar-refractivity contribution is 5.85. The van der Waals surface area contributed by atoms with E-state index in [0.717, 1.165) is 12.8 Å². The lowest BCUT2D eigenvalue weighted by Crippen LogP contribution is -2.53.